The quantitative estimate of drug-likeness (QED) is 0.612. The lowest BCUT2D eigenvalue weighted by molar-refractivity contribution is 0.0912. The highest BCUT2D eigenvalue weighted by molar-refractivity contribution is 7.10. The first-order chi connectivity index (χ1) is 11.9. The van der Waals surface area contributed by atoms with Crippen LogP contribution in [0.15, 0.2) is 53.9 Å². The number of nitrogens with zero attached hydrogens (tertiary/aromatic N) is 1. The van der Waals surface area contributed by atoms with Gasteiger partial charge in [-0.05, 0) is 44.2 Å². The van der Waals surface area contributed by atoms with Crippen molar-refractivity contribution in [3.8, 4) is 11.3 Å². The van der Waals surface area contributed by atoms with Crippen molar-refractivity contribution in [3.63, 3.8) is 0 Å². The van der Waals surface area contributed by atoms with Gasteiger partial charge in [-0.25, -0.2) is 4.98 Å². The summed E-state index contributed by atoms with van der Waals surface area (Å²) >= 11 is 13.7. The Kier molecular flexibility index (Phi) is 5.13. The van der Waals surface area contributed by atoms with Crippen molar-refractivity contribution in [1.29, 1.82) is 0 Å². The smallest absolute Gasteiger partial charge is 0.252 e. The van der Waals surface area contributed by atoms with E-state index in [1.165, 1.54) is 11.3 Å². The van der Waals surface area contributed by atoms with Crippen LogP contribution < -0.4 is 5.32 Å². The van der Waals surface area contributed by atoms with Crippen LogP contribution in [0.4, 0.5) is 0 Å². The molecule has 0 fully saturated rings. The second-order valence-electron chi connectivity index (χ2n) is 6.11. The maximum atomic E-state index is 12.4. The molecule has 128 valence electrons. The second kappa shape index (κ2) is 7.16. The monoisotopic (exact) mass is 390 g/mol. The minimum absolute atomic E-state index is 0.133. The second-order valence-corrected chi connectivity index (χ2v) is 7.81. The molecule has 0 saturated heterocycles. The van der Waals surface area contributed by atoms with E-state index in [0.29, 0.717) is 15.6 Å². The Balaban J connectivity index is 1.84. The minimum atomic E-state index is -0.602. The molecule has 3 rings (SSSR count). The molecule has 0 spiro atoms. The summed E-state index contributed by atoms with van der Waals surface area (Å²) < 4.78 is 0. The van der Waals surface area contributed by atoms with E-state index in [9.17, 15) is 4.79 Å². The molecule has 0 aliphatic carbocycles. The van der Waals surface area contributed by atoms with Crippen molar-refractivity contribution < 1.29 is 4.79 Å². The van der Waals surface area contributed by atoms with Crippen LogP contribution >= 0.6 is 34.5 Å². The maximum Gasteiger partial charge on any atom is 0.252 e. The predicted octanol–water partition coefficient (Wildman–Crippen LogP) is 5.78. The standard InChI is InChI=1S/C19H16Cl2N2OS/c1-19(2,23-17(24)12-6-4-3-5-7-12)18-22-16(11-25-18)14-9-8-13(20)10-15(14)21/h3-11H,1-2H3,(H,23,24). The van der Waals surface area contributed by atoms with Gasteiger partial charge in [-0.3, -0.25) is 4.79 Å². The molecule has 0 aliphatic rings. The van der Waals surface area contributed by atoms with Gasteiger partial charge in [-0.2, -0.15) is 0 Å². The van der Waals surface area contributed by atoms with Crippen LogP contribution in [0.1, 0.15) is 29.2 Å². The number of nitrogens with one attached hydrogen (secondary N) is 1. The van der Waals surface area contributed by atoms with Gasteiger partial charge in [0.1, 0.15) is 5.01 Å². The van der Waals surface area contributed by atoms with E-state index in [4.69, 9.17) is 23.2 Å². The molecule has 0 bridgehead atoms. The van der Waals surface area contributed by atoms with Crippen molar-refractivity contribution in [1.82, 2.24) is 10.3 Å². The summed E-state index contributed by atoms with van der Waals surface area (Å²) in [7, 11) is 0. The normalized spacial score (nSPS) is 11.4. The summed E-state index contributed by atoms with van der Waals surface area (Å²) in [4.78, 5) is 17.1. The fourth-order valence-corrected chi connectivity index (χ4v) is 3.79. The lowest BCUT2D eigenvalue weighted by Crippen LogP contribution is -2.40. The van der Waals surface area contributed by atoms with E-state index < -0.39 is 5.54 Å². The number of rotatable bonds is 4. The molecular weight excluding hydrogens is 375 g/mol. The zero-order chi connectivity index (χ0) is 18.0. The van der Waals surface area contributed by atoms with Gasteiger partial charge in [0, 0.05) is 21.5 Å². The third kappa shape index (κ3) is 4.03. The fraction of sp³-hybridized carbons (Fsp3) is 0.158. The van der Waals surface area contributed by atoms with Crippen molar-refractivity contribution >= 4 is 40.4 Å². The van der Waals surface area contributed by atoms with Gasteiger partial charge in [0.15, 0.2) is 0 Å². The molecule has 0 unspecified atom stereocenters. The number of carbonyl (C=O) groups excluding carboxylic acids is 1. The Morgan fingerprint density at radius 1 is 1.12 bits per heavy atom. The minimum Gasteiger partial charge on any atom is -0.341 e. The lowest BCUT2D eigenvalue weighted by Gasteiger charge is -2.23. The highest BCUT2D eigenvalue weighted by Gasteiger charge is 2.27. The first kappa shape index (κ1) is 17.9. The average molecular weight is 391 g/mol. The third-order valence-electron chi connectivity index (χ3n) is 3.71. The van der Waals surface area contributed by atoms with Gasteiger partial charge in [0.25, 0.3) is 5.91 Å². The van der Waals surface area contributed by atoms with Crippen molar-refractivity contribution in [2.75, 3.05) is 0 Å². The topological polar surface area (TPSA) is 42.0 Å². The van der Waals surface area contributed by atoms with Crippen LogP contribution in [0.25, 0.3) is 11.3 Å². The van der Waals surface area contributed by atoms with Crippen LogP contribution in [0.3, 0.4) is 0 Å². The van der Waals surface area contributed by atoms with Gasteiger partial charge in [0.05, 0.1) is 16.3 Å². The molecule has 3 aromatic rings. The van der Waals surface area contributed by atoms with Gasteiger partial charge < -0.3 is 5.32 Å². The number of hydrogen-bond acceptors (Lipinski definition) is 3. The molecule has 0 saturated carbocycles. The van der Waals surface area contributed by atoms with Crippen molar-refractivity contribution in [2.45, 2.75) is 19.4 Å². The number of aromatic nitrogens is 1. The van der Waals surface area contributed by atoms with E-state index in [0.717, 1.165) is 16.3 Å². The molecule has 0 radical (unpaired) electrons. The molecule has 1 aromatic heterocycles. The molecule has 0 aliphatic heterocycles. The first-order valence-electron chi connectivity index (χ1n) is 7.66. The van der Waals surface area contributed by atoms with Gasteiger partial charge in [-0.15, -0.1) is 11.3 Å². The van der Waals surface area contributed by atoms with E-state index >= 15 is 0 Å². The van der Waals surface area contributed by atoms with Gasteiger partial charge >= 0.3 is 0 Å². The Morgan fingerprint density at radius 2 is 1.84 bits per heavy atom. The maximum absolute atomic E-state index is 12.4. The molecule has 1 amide bonds. The molecule has 1 heterocycles. The number of amides is 1. The largest absolute Gasteiger partial charge is 0.341 e. The summed E-state index contributed by atoms with van der Waals surface area (Å²) in [6, 6.07) is 14.4. The number of halogens is 2. The molecular formula is C19H16Cl2N2OS. The summed E-state index contributed by atoms with van der Waals surface area (Å²) in [5.41, 5.74) is 1.60. The third-order valence-corrected chi connectivity index (χ3v) is 5.42. The zero-order valence-corrected chi connectivity index (χ0v) is 16.0. The van der Waals surface area contributed by atoms with Crippen LogP contribution in [-0.2, 0) is 5.54 Å². The fourth-order valence-electron chi connectivity index (χ4n) is 2.38. The predicted molar refractivity (Wildman–Crippen MR) is 105 cm³/mol. The number of carbonyl (C=O) groups is 1. The summed E-state index contributed by atoms with van der Waals surface area (Å²) in [5.74, 6) is -0.133. The average Bonchev–Trinajstić information content (AvgIpc) is 3.06. The molecule has 3 nitrogen and oxygen atoms in total. The van der Waals surface area contributed by atoms with E-state index in [2.05, 4.69) is 10.3 Å². The van der Waals surface area contributed by atoms with Crippen LogP contribution in [0.2, 0.25) is 10.0 Å². The van der Waals surface area contributed by atoms with Crippen molar-refractivity contribution in [3.05, 3.63) is 74.5 Å². The number of benzene rings is 2. The van der Waals surface area contributed by atoms with Gasteiger partial charge in [-0.1, -0.05) is 41.4 Å². The summed E-state index contributed by atoms with van der Waals surface area (Å²) in [6.07, 6.45) is 0. The van der Waals surface area contributed by atoms with E-state index in [1.807, 2.05) is 43.5 Å². The van der Waals surface area contributed by atoms with Gasteiger partial charge in [0.2, 0.25) is 0 Å². The van der Waals surface area contributed by atoms with E-state index in [1.54, 1.807) is 24.3 Å². The Bertz CT molecular complexity index is 907. The van der Waals surface area contributed by atoms with Crippen molar-refractivity contribution in [2.24, 2.45) is 0 Å². The number of thiazole rings is 1. The lowest BCUT2D eigenvalue weighted by atomic mass is 10.1. The number of hydrogen-bond donors (Lipinski definition) is 1. The molecule has 1 N–H and O–H groups in total. The SMILES string of the molecule is CC(C)(NC(=O)c1ccccc1)c1nc(-c2ccc(Cl)cc2Cl)cs1. The van der Waals surface area contributed by atoms with Crippen LogP contribution in [0.5, 0.6) is 0 Å². The highest BCUT2D eigenvalue weighted by atomic mass is 35.5. The molecule has 2 aromatic carbocycles. The first-order valence-corrected chi connectivity index (χ1v) is 9.29. The van der Waals surface area contributed by atoms with Crippen LogP contribution in [-0.4, -0.2) is 10.9 Å². The van der Waals surface area contributed by atoms with Crippen LogP contribution in [0, 0.1) is 0 Å². The molecule has 6 heteroatoms. The Hall–Kier alpha value is -1.88. The zero-order valence-electron chi connectivity index (χ0n) is 13.7. The molecule has 0 atom stereocenters. The Morgan fingerprint density at radius 3 is 2.52 bits per heavy atom. The Labute approximate surface area is 160 Å². The summed E-state index contributed by atoms with van der Waals surface area (Å²) in [6.45, 7) is 3.86. The van der Waals surface area contributed by atoms with E-state index in [-0.39, 0.29) is 5.91 Å². The highest BCUT2D eigenvalue weighted by Crippen LogP contribution is 2.33. The summed E-state index contributed by atoms with van der Waals surface area (Å²) in [5, 5.41) is 6.90. The molecule has 25 heavy (non-hydrogen) atoms.